The van der Waals surface area contributed by atoms with Gasteiger partial charge < -0.3 is 14.7 Å². The highest BCUT2D eigenvalue weighted by Crippen LogP contribution is 2.42. The molecule has 1 N–H and O–H groups in total. The van der Waals surface area contributed by atoms with Crippen molar-refractivity contribution in [3.63, 3.8) is 0 Å². The van der Waals surface area contributed by atoms with Crippen LogP contribution in [0.5, 0.6) is 0 Å². The number of aliphatic hydroxyl groups excluding tert-OH is 1. The number of aliphatic hydroxyl groups is 1. The second kappa shape index (κ2) is 10.9. The van der Waals surface area contributed by atoms with Crippen molar-refractivity contribution >= 4 is 21.6 Å². The molecule has 0 amide bonds. The Bertz CT molecular complexity index is 1250. The van der Waals surface area contributed by atoms with Gasteiger partial charge in [0.1, 0.15) is 16.7 Å². The number of rotatable bonds is 7. The second-order valence-corrected chi connectivity index (χ2v) is 13.4. The molecule has 1 saturated heterocycles. The Labute approximate surface area is 226 Å². The summed E-state index contributed by atoms with van der Waals surface area (Å²) in [6.45, 7) is 13.8. The topological polar surface area (TPSA) is 82.4 Å². The number of hydrogen-bond acceptors (Lipinski definition) is 6. The van der Waals surface area contributed by atoms with E-state index < -0.39 is 32.6 Å². The number of hydrogen-bond donors (Lipinski definition) is 1. The molecule has 7 nitrogen and oxygen atoms in total. The molecular weight excluding hydrogens is 505 g/mol. The van der Waals surface area contributed by atoms with Crippen LogP contribution in [0.3, 0.4) is 0 Å². The van der Waals surface area contributed by atoms with Crippen LogP contribution < -0.4 is 4.90 Å². The Balaban J connectivity index is 1.53. The average molecular weight is 546 g/mol. The summed E-state index contributed by atoms with van der Waals surface area (Å²) in [4.78, 5) is 4.79. The van der Waals surface area contributed by atoms with Gasteiger partial charge in [0, 0.05) is 50.4 Å². The quantitative estimate of drug-likeness (QED) is 0.534. The standard InChI is InChI=1S/C29H40FN3O4S/c1-28(2,3)33-17-15-32(16-18-33)23-12-10-21(11-13-23)27-29(4,5)37-26(31-38(27,35)36)20-22(14-19-34)24-8-6-7-9-25(24)30/h6-13,22,27,34H,14-20H2,1-5H3/t22-,27?/m1/s1. The first-order valence-electron chi connectivity index (χ1n) is 13.3. The minimum atomic E-state index is -3.96. The number of benzene rings is 2. The molecule has 38 heavy (non-hydrogen) atoms. The highest BCUT2D eigenvalue weighted by atomic mass is 32.2. The number of ether oxygens (including phenoxy) is 1. The fourth-order valence-electron chi connectivity index (χ4n) is 5.62. The Morgan fingerprint density at radius 2 is 1.71 bits per heavy atom. The van der Waals surface area contributed by atoms with E-state index in [1.165, 1.54) is 6.07 Å². The summed E-state index contributed by atoms with van der Waals surface area (Å²) in [5.41, 5.74) is 1.15. The van der Waals surface area contributed by atoms with Crippen LogP contribution in [0, 0.1) is 5.82 Å². The molecule has 0 saturated carbocycles. The summed E-state index contributed by atoms with van der Waals surface area (Å²) in [7, 11) is -3.96. The van der Waals surface area contributed by atoms with E-state index in [9.17, 15) is 17.9 Å². The van der Waals surface area contributed by atoms with Crippen molar-refractivity contribution in [2.24, 2.45) is 4.40 Å². The molecule has 0 aliphatic carbocycles. The van der Waals surface area contributed by atoms with E-state index in [0.717, 1.165) is 31.9 Å². The number of anilines is 1. The van der Waals surface area contributed by atoms with E-state index in [-0.39, 0.29) is 30.9 Å². The van der Waals surface area contributed by atoms with Gasteiger partial charge in [-0.1, -0.05) is 30.3 Å². The van der Waals surface area contributed by atoms with Gasteiger partial charge in [-0.3, -0.25) is 4.90 Å². The monoisotopic (exact) mass is 545 g/mol. The maximum Gasteiger partial charge on any atom is 0.267 e. The zero-order valence-electron chi connectivity index (χ0n) is 23.0. The molecular formula is C29H40FN3O4S. The van der Waals surface area contributed by atoms with Gasteiger partial charge in [-0.15, -0.1) is 4.40 Å². The minimum absolute atomic E-state index is 0.0429. The Kier molecular flexibility index (Phi) is 8.21. The molecule has 2 aromatic carbocycles. The molecule has 208 valence electrons. The highest BCUT2D eigenvalue weighted by Gasteiger charge is 2.47. The summed E-state index contributed by atoms with van der Waals surface area (Å²) >= 11 is 0. The third-order valence-corrected chi connectivity index (χ3v) is 9.47. The van der Waals surface area contributed by atoms with Gasteiger partial charge in [-0.2, -0.15) is 0 Å². The predicted octanol–water partition coefficient (Wildman–Crippen LogP) is 4.88. The molecule has 2 aliphatic heterocycles. The number of piperazine rings is 1. The van der Waals surface area contributed by atoms with Gasteiger partial charge in [0.05, 0.1) is 0 Å². The Morgan fingerprint density at radius 1 is 1.08 bits per heavy atom. The fraction of sp³-hybridized carbons (Fsp3) is 0.552. The molecule has 2 atom stereocenters. The van der Waals surface area contributed by atoms with Crippen LogP contribution in [0.25, 0.3) is 0 Å². The van der Waals surface area contributed by atoms with Crippen molar-refractivity contribution in [2.45, 2.75) is 69.8 Å². The zero-order valence-corrected chi connectivity index (χ0v) is 23.8. The average Bonchev–Trinajstić information content (AvgIpc) is 2.83. The lowest BCUT2D eigenvalue weighted by atomic mass is 9.91. The summed E-state index contributed by atoms with van der Waals surface area (Å²) < 4.78 is 51.6. The largest absolute Gasteiger partial charge is 0.472 e. The second-order valence-electron chi connectivity index (χ2n) is 11.8. The normalized spacial score (nSPS) is 22.4. The maximum absolute atomic E-state index is 14.5. The van der Waals surface area contributed by atoms with Crippen LogP contribution >= 0.6 is 0 Å². The minimum Gasteiger partial charge on any atom is -0.472 e. The third kappa shape index (κ3) is 6.21. The van der Waals surface area contributed by atoms with Crippen molar-refractivity contribution < 1.29 is 22.7 Å². The SMILES string of the molecule is CC1(C)OC(C[C@@H](CCO)c2ccccc2F)=NS(=O)(=O)C1c1ccc(N2CCN(C(C)(C)C)CC2)cc1. The van der Waals surface area contributed by atoms with E-state index in [1.807, 2.05) is 24.3 Å². The molecule has 1 unspecified atom stereocenters. The van der Waals surface area contributed by atoms with Gasteiger partial charge >= 0.3 is 0 Å². The van der Waals surface area contributed by atoms with Crippen LogP contribution in [-0.4, -0.2) is 68.2 Å². The molecule has 0 aromatic heterocycles. The van der Waals surface area contributed by atoms with Gasteiger partial charge in [-0.25, -0.2) is 12.8 Å². The lowest BCUT2D eigenvalue weighted by molar-refractivity contribution is 0.0797. The van der Waals surface area contributed by atoms with Crippen LogP contribution in [0.4, 0.5) is 10.1 Å². The summed E-state index contributed by atoms with van der Waals surface area (Å²) in [6.07, 6.45) is 0.342. The molecule has 2 aromatic rings. The lowest BCUT2D eigenvalue weighted by Gasteiger charge is -2.43. The molecule has 0 spiro atoms. The lowest BCUT2D eigenvalue weighted by Crippen LogP contribution is -2.53. The van der Waals surface area contributed by atoms with Crippen molar-refractivity contribution in [1.82, 2.24) is 4.90 Å². The summed E-state index contributed by atoms with van der Waals surface area (Å²) in [6, 6.07) is 14.0. The maximum atomic E-state index is 14.5. The Hall–Kier alpha value is -2.49. The first-order chi connectivity index (χ1) is 17.8. The van der Waals surface area contributed by atoms with Crippen LogP contribution in [-0.2, 0) is 14.8 Å². The first-order valence-corrected chi connectivity index (χ1v) is 14.8. The number of nitrogens with zero attached hydrogens (tertiary/aromatic N) is 3. The van der Waals surface area contributed by atoms with E-state index in [1.54, 1.807) is 32.0 Å². The zero-order chi connectivity index (χ0) is 27.7. The highest BCUT2D eigenvalue weighted by molar-refractivity contribution is 7.90. The molecule has 9 heteroatoms. The molecule has 4 rings (SSSR count). The van der Waals surface area contributed by atoms with Gasteiger partial charge in [0.15, 0.2) is 0 Å². The number of sulfonamides is 1. The number of halogens is 1. The van der Waals surface area contributed by atoms with Gasteiger partial charge in [-0.05, 0) is 76.3 Å². The van der Waals surface area contributed by atoms with E-state index in [2.05, 4.69) is 35.0 Å². The fourth-order valence-corrected chi connectivity index (χ4v) is 7.38. The predicted molar refractivity (Wildman–Crippen MR) is 150 cm³/mol. The smallest absolute Gasteiger partial charge is 0.267 e. The van der Waals surface area contributed by atoms with E-state index >= 15 is 0 Å². The van der Waals surface area contributed by atoms with E-state index in [0.29, 0.717) is 11.1 Å². The van der Waals surface area contributed by atoms with Crippen molar-refractivity contribution in [2.75, 3.05) is 37.7 Å². The summed E-state index contributed by atoms with van der Waals surface area (Å²) in [5.74, 6) is -0.816. The van der Waals surface area contributed by atoms with Crippen molar-refractivity contribution in [3.05, 3.63) is 65.5 Å². The summed E-state index contributed by atoms with van der Waals surface area (Å²) in [5, 5.41) is 8.58. The molecule has 0 radical (unpaired) electrons. The molecule has 2 aliphatic rings. The van der Waals surface area contributed by atoms with E-state index in [4.69, 9.17) is 4.74 Å². The van der Waals surface area contributed by atoms with Crippen LogP contribution in [0.2, 0.25) is 0 Å². The van der Waals surface area contributed by atoms with Crippen LogP contribution in [0.15, 0.2) is 52.9 Å². The van der Waals surface area contributed by atoms with Gasteiger partial charge in [0.2, 0.25) is 5.90 Å². The van der Waals surface area contributed by atoms with Crippen LogP contribution in [0.1, 0.15) is 69.8 Å². The van der Waals surface area contributed by atoms with Crippen molar-refractivity contribution in [3.8, 4) is 0 Å². The molecule has 0 bridgehead atoms. The molecule has 1 fully saturated rings. The third-order valence-electron chi connectivity index (χ3n) is 7.57. The first kappa shape index (κ1) is 28.5. The van der Waals surface area contributed by atoms with Crippen molar-refractivity contribution in [1.29, 1.82) is 0 Å². The molecule has 2 heterocycles. The van der Waals surface area contributed by atoms with Gasteiger partial charge in [0.25, 0.3) is 10.0 Å². The Morgan fingerprint density at radius 3 is 2.26 bits per heavy atom.